The van der Waals surface area contributed by atoms with Gasteiger partial charge in [0, 0.05) is 13.1 Å². The number of amides is 2. The van der Waals surface area contributed by atoms with Gasteiger partial charge < -0.3 is 10.6 Å². The van der Waals surface area contributed by atoms with E-state index in [0.717, 1.165) is 6.08 Å². The van der Waals surface area contributed by atoms with Gasteiger partial charge in [-0.2, -0.15) is 13.2 Å². The van der Waals surface area contributed by atoms with E-state index in [9.17, 15) is 22.8 Å². The largest absolute Gasteiger partial charge is 0.471 e. The molecule has 0 rings (SSSR count). The van der Waals surface area contributed by atoms with E-state index in [4.69, 9.17) is 0 Å². The van der Waals surface area contributed by atoms with Gasteiger partial charge in [-0.1, -0.05) is 6.58 Å². The van der Waals surface area contributed by atoms with Crippen LogP contribution in [-0.2, 0) is 9.59 Å². The first-order chi connectivity index (χ1) is 6.88. The molecule has 0 aliphatic rings. The second-order valence-corrected chi connectivity index (χ2v) is 2.60. The maximum absolute atomic E-state index is 11.6. The molecule has 0 aromatic heterocycles. The average molecular weight is 224 g/mol. The molecule has 0 aliphatic carbocycles. The molecule has 0 bridgehead atoms. The molecule has 0 aromatic carbocycles. The molecule has 2 amide bonds. The van der Waals surface area contributed by atoms with Crippen molar-refractivity contribution in [2.24, 2.45) is 0 Å². The van der Waals surface area contributed by atoms with Crippen molar-refractivity contribution in [3.05, 3.63) is 12.7 Å². The SMILES string of the molecule is C=CC(=O)NCCCNC(=O)C(F)(F)F. The van der Waals surface area contributed by atoms with E-state index >= 15 is 0 Å². The van der Waals surface area contributed by atoms with E-state index < -0.39 is 18.0 Å². The van der Waals surface area contributed by atoms with Crippen molar-refractivity contribution >= 4 is 11.8 Å². The molecule has 7 heteroatoms. The fourth-order valence-electron chi connectivity index (χ4n) is 0.674. The van der Waals surface area contributed by atoms with E-state index in [1.807, 2.05) is 0 Å². The maximum atomic E-state index is 11.6. The van der Waals surface area contributed by atoms with E-state index in [0.29, 0.717) is 0 Å². The minimum atomic E-state index is -4.86. The lowest BCUT2D eigenvalue weighted by Crippen LogP contribution is -2.38. The van der Waals surface area contributed by atoms with Gasteiger partial charge in [0.25, 0.3) is 0 Å². The zero-order chi connectivity index (χ0) is 11.9. The molecule has 4 nitrogen and oxygen atoms in total. The van der Waals surface area contributed by atoms with Gasteiger partial charge in [0.1, 0.15) is 0 Å². The lowest BCUT2D eigenvalue weighted by molar-refractivity contribution is -0.173. The van der Waals surface area contributed by atoms with Crippen LogP contribution in [0.15, 0.2) is 12.7 Å². The van der Waals surface area contributed by atoms with Crippen molar-refractivity contribution in [2.75, 3.05) is 13.1 Å². The van der Waals surface area contributed by atoms with Crippen LogP contribution in [0.4, 0.5) is 13.2 Å². The third-order valence-electron chi connectivity index (χ3n) is 1.38. The molecule has 0 spiro atoms. The van der Waals surface area contributed by atoms with Crippen molar-refractivity contribution in [2.45, 2.75) is 12.6 Å². The highest BCUT2D eigenvalue weighted by molar-refractivity contribution is 5.86. The van der Waals surface area contributed by atoms with Crippen LogP contribution in [-0.4, -0.2) is 31.1 Å². The number of carbonyl (C=O) groups is 2. The summed E-state index contributed by atoms with van der Waals surface area (Å²) >= 11 is 0. The van der Waals surface area contributed by atoms with Gasteiger partial charge >= 0.3 is 12.1 Å². The molecule has 0 fully saturated rings. The summed E-state index contributed by atoms with van der Waals surface area (Å²) in [5.74, 6) is -2.38. The highest BCUT2D eigenvalue weighted by Gasteiger charge is 2.38. The standard InChI is InChI=1S/C8H11F3N2O2/c1-2-6(14)12-4-3-5-13-7(15)8(9,10)11/h2H,1,3-5H2,(H,12,14)(H,13,15). The van der Waals surface area contributed by atoms with Gasteiger partial charge in [-0.15, -0.1) is 0 Å². The number of nitrogens with one attached hydrogen (secondary N) is 2. The molecule has 15 heavy (non-hydrogen) atoms. The molecule has 0 unspecified atom stereocenters. The summed E-state index contributed by atoms with van der Waals surface area (Å²) in [4.78, 5) is 20.8. The first-order valence-electron chi connectivity index (χ1n) is 4.13. The van der Waals surface area contributed by atoms with Gasteiger partial charge in [-0.3, -0.25) is 9.59 Å². The van der Waals surface area contributed by atoms with Crippen LogP contribution in [0, 0.1) is 0 Å². The molecule has 0 aromatic rings. The Labute approximate surface area is 84.5 Å². The van der Waals surface area contributed by atoms with Crippen LogP contribution in [0.3, 0.4) is 0 Å². The molecule has 0 aliphatic heterocycles. The summed E-state index contributed by atoms with van der Waals surface area (Å²) in [6.45, 7) is 3.23. The Morgan fingerprint density at radius 1 is 1.20 bits per heavy atom. The summed E-state index contributed by atoms with van der Waals surface area (Å²) in [5, 5.41) is 4.03. The van der Waals surface area contributed by atoms with E-state index in [1.165, 1.54) is 0 Å². The van der Waals surface area contributed by atoms with E-state index in [1.54, 1.807) is 5.32 Å². The van der Waals surface area contributed by atoms with Gasteiger partial charge in [0.15, 0.2) is 0 Å². The number of carbonyl (C=O) groups excluding carboxylic acids is 2. The van der Waals surface area contributed by atoms with Crippen molar-refractivity contribution < 1.29 is 22.8 Å². The van der Waals surface area contributed by atoms with Crippen LogP contribution in [0.2, 0.25) is 0 Å². The second kappa shape index (κ2) is 6.05. The first kappa shape index (κ1) is 13.5. The molecular formula is C8H11F3N2O2. The van der Waals surface area contributed by atoms with Crippen molar-refractivity contribution in [3.63, 3.8) is 0 Å². The Morgan fingerprint density at radius 3 is 2.20 bits per heavy atom. The third-order valence-corrected chi connectivity index (χ3v) is 1.38. The van der Waals surface area contributed by atoms with Crippen molar-refractivity contribution in [1.82, 2.24) is 10.6 Å². The second-order valence-electron chi connectivity index (χ2n) is 2.60. The predicted octanol–water partition coefficient (Wildman–Crippen LogP) is 0.357. The Bertz CT molecular complexity index is 251. The van der Waals surface area contributed by atoms with Crippen molar-refractivity contribution in [1.29, 1.82) is 0 Å². The summed E-state index contributed by atoms with van der Waals surface area (Å²) in [5.41, 5.74) is 0. The minimum absolute atomic E-state index is 0.143. The Hall–Kier alpha value is -1.53. The summed E-state index contributed by atoms with van der Waals surface area (Å²) in [6.07, 6.45) is -3.58. The quantitative estimate of drug-likeness (QED) is 0.523. The summed E-state index contributed by atoms with van der Waals surface area (Å²) < 4.78 is 34.9. The number of hydrogen-bond donors (Lipinski definition) is 2. The first-order valence-corrected chi connectivity index (χ1v) is 4.13. The monoisotopic (exact) mass is 224 g/mol. The minimum Gasteiger partial charge on any atom is -0.353 e. The van der Waals surface area contributed by atoms with Crippen LogP contribution in [0.25, 0.3) is 0 Å². The molecule has 0 atom stereocenters. The third kappa shape index (κ3) is 6.53. The number of alkyl halides is 3. The molecule has 86 valence electrons. The number of halogens is 3. The Kier molecular flexibility index (Phi) is 5.43. The molecule has 0 radical (unpaired) electrons. The van der Waals surface area contributed by atoms with Gasteiger partial charge in [-0.25, -0.2) is 0 Å². The number of hydrogen-bond acceptors (Lipinski definition) is 2. The highest BCUT2D eigenvalue weighted by Crippen LogP contribution is 2.13. The predicted molar refractivity (Wildman–Crippen MR) is 46.9 cm³/mol. The smallest absolute Gasteiger partial charge is 0.353 e. The summed E-state index contributed by atoms with van der Waals surface area (Å²) in [6, 6.07) is 0. The Balaban J connectivity index is 3.52. The topological polar surface area (TPSA) is 58.2 Å². The zero-order valence-electron chi connectivity index (χ0n) is 7.86. The normalized spacial score (nSPS) is 10.6. The lowest BCUT2D eigenvalue weighted by atomic mass is 10.4. The van der Waals surface area contributed by atoms with Crippen molar-refractivity contribution in [3.8, 4) is 0 Å². The molecule has 0 saturated carbocycles. The molecule has 0 saturated heterocycles. The molecule has 0 heterocycles. The molecular weight excluding hydrogens is 213 g/mol. The van der Waals surface area contributed by atoms with Gasteiger partial charge in [0.2, 0.25) is 5.91 Å². The highest BCUT2D eigenvalue weighted by atomic mass is 19.4. The molecule has 2 N–H and O–H groups in total. The maximum Gasteiger partial charge on any atom is 0.471 e. The van der Waals surface area contributed by atoms with Crippen LogP contribution < -0.4 is 10.6 Å². The summed E-state index contributed by atoms with van der Waals surface area (Å²) in [7, 11) is 0. The average Bonchev–Trinajstić information content (AvgIpc) is 2.15. The lowest BCUT2D eigenvalue weighted by Gasteiger charge is -2.07. The number of rotatable bonds is 5. The fraction of sp³-hybridized carbons (Fsp3) is 0.500. The van der Waals surface area contributed by atoms with Gasteiger partial charge in [-0.05, 0) is 12.5 Å². The van der Waals surface area contributed by atoms with Crippen LogP contribution >= 0.6 is 0 Å². The van der Waals surface area contributed by atoms with E-state index in [2.05, 4.69) is 11.9 Å². The van der Waals surface area contributed by atoms with Crippen LogP contribution in [0.5, 0.6) is 0 Å². The zero-order valence-corrected chi connectivity index (χ0v) is 7.86. The fourth-order valence-corrected chi connectivity index (χ4v) is 0.674. The van der Waals surface area contributed by atoms with E-state index in [-0.39, 0.29) is 19.5 Å². The Morgan fingerprint density at radius 2 is 1.73 bits per heavy atom. The van der Waals surface area contributed by atoms with Gasteiger partial charge in [0.05, 0.1) is 0 Å². The van der Waals surface area contributed by atoms with Crippen LogP contribution in [0.1, 0.15) is 6.42 Å².